The summed E-state index contributed by atoms with van der Waals surface area (Å²) in [6.07, 6.45) is 12.4. The molecule has 7 atom stereocenters. The van der Waals surface area contributed by atoms with Gasteiger partial charge < -0.3 is 9.84 Å². The number of fused-ring (bicyclic) bond motifs is 5. The first kappa shape index (κ1) is 16.1. The number of aliphatic hydroxyl groups excluding tert-OH is 1. The van der Waals surface area contributed by atoms with Gasteiger partial charge in [-0.15, -0.1) is 0 Å². The smallest absolute Gasteiger partial charge is 0.0724 e. The number of ether oxygens (including phenoxy) is 1. The third-order valence-corrected chi connectivity index (χ3v) is 8.65. The van der Waals surface area contributed by atoms with Gasteiger partial charge in [0.15, 0.2) is 0 Å². The average molecular weight is 319 g/mol. The largest absolute Gasteiger partial charge is 0.389 e. The maximum Gasteiger partial charge on any atom is 0.0724 e. The first-order chi connectivity index (χ1) is 11.0. The molecule has 0 aliphatic heterocycles. The van der Waals surface area contributed by atoms with Crippen molar-refractivity contribution in [3.63, 3.8) is 0 Å². The Balaban J connectivity index is 1.62. The standard InChI is InChI=1S/C21H34O2/c1-20-10-8-16(22)12-14(20)4-6-17-18-7-5-15(13-23-3)21(18,2)11-9-19(17)20/h12,15-19,22H,4-11,13H2,1-3H3/t15-,16?,17+,18+,19+,20+,21-/m1/s1. The highest BCUT2D eigenvalue weighted by Gasteiger charge is 2.58. The number of methoxy groups -OCH3 is 1. The first-order valence-electron chi connectivity index (χ1n) is 9.87. The van der Waals surface area contributed by atoms with Gasteiger partial charge in [0.25, 0.3) is 0 Å². The van der Waals surface area contributed by atoms with Crippen molar-refractivity contribution in [1.82, 2.24) is 0 Å². The van der Waals surface area contributed by atoms with E-state index < -0.39 is 0 Å². The molecule has 3 fully saturated rings. The Hall–Kier alpha value is -0.340. The van der Waals surface area contributed by atoms with E-state index in [2.05, 4.69) is 19.9 Å². The van der Waals surface area contributed by atoms with Gasteiger partial charge in [0.05, 0.1) is 6.10 Å². The van der Waals surface area contributed by atoms with Crippen LogP contribution in [0.5, 0.6) is 0 Å². The van der Waals surface area contributed by atoms with Gasteiger partial charge >= 0.3 is 0 Å². The molecule has 0 spiro atoms. The second-order valence-electron chi connectivity index (χ2n) is 9.41. The Morgan fingerprint density at radius 1 is 1.09 bits per heavy atom. The summed E-state index contributed by atoms with van der Waals surface area (Å²) in [5, 5.41) is 10.1. The molecule has 1 N–H and O–H groups in total. The minimum atomic E-state index is -0.180. The number of aliphatic hydroxyl groups is 1. The molecule has 0 aromatic carbocycles. The molecule has 0 heterocycles. The second kappa shape index (κ2) is 5.59. The first-order valence-corrected chi connectivity index (χ1v) is 9.87. The van der Waals surface area contributed by atoms with Crippen LogP contribution in [0, 0.1) is 34.5 Å². The summed E-state index contributed by atoms with van der Waals surface area (Å²) in [7, 11) is 1.87. The lowest BCUT2D eigenvalue weighted by atomic mass is 9.47. The summed E-state index contributed by atoms with van der Waals surface area (Å²) < 4.78 is 5.56. The van der Waals surface area contributed by atoms with Gasteiger partial charge in [-0.2, -0.15) is 0 Å². The van der Waals surface area contributed by atoms with Crippen LogP contribution in [0.2, 0.25) is 0 Å². The van der Waals surface area contributed by atoms with Crippen molar-refractivity contribution in [3.05, 3.63) is 11.6 Å². The number of hydrogen-bond donors (Lipinski definition) is 1. The van der Waals surface area contributed by atoms with Crippen molar-refractivity contribution >= 4 is 0 Å². The van der Waals surface area contributed by atoms with Gasteiger partial charge in [0, 0.05) is 13.7 Å². The molecule has 3 saturated carbocycles. The third kappa shape index (κ3) is 2.28. The van der Waals surface area contributed by atoms with E-state index in [1.165, 1.54) is 44.9 Å². The van der Waals surface area contributed by atoms with Crippen molar-refractivity contribution in [2.45, 2.75) is 71.3 Å². The van der Waals surface area contributed by atoms with E-state index in [-0.39, 0.29) is 6.10 Å². The minimum Gasteiger partial charge on any atom is -0.389 e. The van der Waals surface area contributed by atoms with E-state index in [0.29, 0.717) is 10.8 Å². The molecule has 0 radical (unpaired) electrons. The SMILES string of the molecule is COC[C@H]1CC[C@H]2[C@@H]3CCC4=CC(O)CC[C@]4(C)[C@H]3CC[C@]12C. The van der Waals surface area contributed by atoms with Gasteiger partial charge in [-0.3, -0.25) is 0 Å². The Bertz CT molecular complexity index is 498. The van der Waals surface area contributed by atoms with Gasteiger partial charge in [0.2, 0.25) is 0 Å². The van der Waals surface area contributed by atoms with Crippen molar-refractivity contribution in [2.75, 3.05) is 13.7 Å². The number of hydrogen-bond acceptors (Lipinski definition) is 2. The Morgan fingerprint density at radius 3 is 2.70 bits per heavy atom. The molecule has 2 nitrogen and oxygen atoms in total. The van der Waals surface area contributed by atoms with Crippen LogP contribution in [-0.2, 0) is 4.74 Å². The third-order valence-electron chi connectivity index (χ3n) is 8.65. The van der Waals surface area contributed by atoms with Gasteiger partial charge in [-0.05, 0) is 85.9 Å². The van der Waals surface area contributed by atoms with E-state index in [1.54, 1.807) is 5.57 Å². The zero-order valence-corrected chi connectivity index (χ0v) is 15.2. The molecule has 4 aliphatic carbocycles. The summed E-state index contributed by atoms with van der Waals surface area (Å²) in [5.41, 5.74) is 2.48. The van der Waals surface area contributed by atoms with E-state index in [1.807, 2.05) is 7.11 Å². The van der Waals surface area contributed by atoms with Crippen molar-refractivity contribution < 1.29 is 9.84 Å². The lowest BCUT2D eigenvalue weighted by Crippen LogP contribution is -2.51. The van der Waals surface area contributed by atoms with E-state index in [0.717, 1.165) is 36.7 Å². The summed E-state index contributed by atoms with van der Waals surface area (Å²) in [4.78, 5) is 0. The molecule has 0 bridgehead atoms. The molecule has 4 rings (SSSR count). The van der Waals surface area contributed by atoms with Crippen LogP contribution in [0.15, 0.2) is 11.6 Å². The molecule has 0 aromatic heterocycles. The Labute approximate surface area is 141 Å². The summed E-state index contributed by atoms with van der Waals surface area (Å²) in [5.74, 6) is 3.45. The zero-order chi connectivity index (χ0) is 16.2. The van der Waals surface area contributed by atoms with Crippen LogP contribution in [0.1, 0.15) is 65.2 Å². The fraction of sp³-hybridized carbons (Fsp3) is 0.905. The fourth-order valence-electron chi connectivity index (χ4n) is 7.29. The lowest BCUT2D eigenvalue weighted by Gasteiger charge is -2.58. The highest BCUT2D eigenvalue weighted by Crippen LogP contribution is 2.66. The summed E-state index contributed by atoms with van der Waals surface area (Å²) in [6.45, 7) is 6.05. The zero-order valence-electron chi connectivity index (χ0n) is 15.2. The van der Waals surface area contributed by atoms with Gasteiger partial charge in [0.1, 0.15) is 0 Å². The van der Waals surface area contributed by atoms with E-state index in [9.17, 15) is 5.11 Å². The molecule has 2 heteroatoms. The summed E-state index contributed by atoms with van der Waals surface area (Å²) >= 11 is 0. The molecule has 0 amide bonds. The van der Waals surface area contributed by atoms with Crippen LogP contribution >= 0.6 is 0 Å². The molecule has 130 valence electrons. The quantitative estimate of drug-likeness (QED) is 0.756. The van der Waals surface area contributed by atoms with E-state index >= 15 is 0 Å². The second-order valence-corrected chi connectivity index (χ2v) is 9.41. The maximum absolute atomic E-state index is 10.1. The lowest BCUT2D eigenvalue weighted by molar-refractivity contribution is -0.0641. The summed E-state index contributed by atoms with van der Waals surface area (Å²) in [6, 6.07) is 0. The highest BCUT2D eigenvalue weighted by atomic mass is 16.5. The van der Waals surface area contributed by atoms with Gasteiger partial charge in [-0.25, -0.2) is 0 Å². The van der Waals surface area contributed by atoms with Crippen molar-refractivity contribution in [3.8, 4) is 0 Å². The van der Waals surface area contributed by atoms with Crippen LogP contribution < -0.4 is 0 Å². The topological polar surface area (TPSA) is 29.5 Å². The molecule has 0 aromatic rings. The van der Waals surface area contributed by atoms with Crippen molar-refractivity contribution in [1.29, 1.82) is 0 Å². The molecular weight excluding hydrogens is 284 g/mol. The maximum atomic E-state index is 10.1. The molecule has 1 unspecified atom stereocenters. The monoisotopic (exact) mass is 318 g/mol. The highest BCUT2D eigenvalue weighted by molar-refractivity contribution is 5.25. The fourth-order valence-corrected chi connectivity index (χ4v) is 7.29. The predicted molar refractivity (Wildman–Crippen MR) is 93.1 cm³/mol. The minimum absolute atomic E-state index is 0.180. The van der Waals surface area contributed by atoms with Crippen molar-refractivity contribution in [2.24, 2.45) is 34.5 Å². The average Bonchev–Trinajstić information content (AvgIpc) is 2.85. The Morgan fingerprint density at radius 2 is 1.91 bits per heavy atom. The molecular formula is C21H34O2. The normalized spacial score (nSPS) is 52.3. The number of allylic oxidation sites excluding steroid dienone is 1. The van der Waals surface area contributed by atoms with Gasteiger partial charge in [-0.1, -0.05) is 25.5 Å². The van der Waals surface area contributed by atoms with Crippen LogP contribution in [0.3, 0.4) is 0 Å². The Kier molecular flexibility index (Phi) is 3.93. The predicted octanol–water partition coefficient (Wildman–Crippen LogP) is 4.57. The molecule has 23 heavy (non-hydrogen) atoms. The van der Waals surface area contributed by atoms with Crippen LogP contribution in [0.4, 0.5) is 0 Å². The molecule has 4 aliphatic rings. The van der Waals surface area contributed by atoms with Crippen LogP contribution in [0.25, 0.3) is 0 Å². The number of rotatable bonds is 2. The van der Waals surface area contributed by atoms with Crippen LogP contribution in [-0.4, -0.2) is 24.9 Å². The molecule has 0 saturated heterocycles. The van der Waals surface area contributed by atoms with E-state index in [4.69, 9.17) is 4.74 Å².